The summed E-state index contributed by atoms with van der Waals surface area (Å²) in [6.45, 7) is 2.02. The topological polar surface area (TPSA) is 50.4 Å². The molecule has 1 aliphatic rings. The van der Waals surface area contributed by atoms with E-state index in [4.69, 9.17) is 4.74 Å². The molecule has 1 saturated heterocycles. The summed E-state index contributed by atoms with van der Waals surface area (Å²) >= 11 is 0. The molecule has 1 heterocycles. The fraction of sp³-hybridized carbons (Fsp3) is 0.350. The van der Waals surface area contributed by atoms with E-state index in [0.29, 0.717) is 13.2 Å². The van der Waals surface area contributed by atoms with Crippen LogP contribution in [0.25, 0.3) is 0 Å². The Kier molecular flexibility index (Phi) is 5.85. The van der Waals surface area contributed by atoms with Crippen molar-refractivity contribution in [2.75, 3.05) is 6.54 Å². The van der Waals surface area contributed by atoms with Crippen LogP contribution in [0.2, 0.25) is 0 Å². The van der Waals surface area contributed by atoms with Crippen LogP contribution in [0.5, 0.6) is 5.75 Å². The molecule has 3 rings (SSSR count). The van der Waals surface area contributed by atoms with Crippen LogP contribution in [0.4, 0.5) is 0 Å². The number of carbonyl (C=O) groups excluding carboxylic acids is 1. The van der Waals surface area contributed by atoms with Gasteiger partial charge in [0.25, 0.3) is 0 Å². The summed E-state index contributed by atoms with van der Waals surface area (Å²) in [5, 5.41) is 6.32. The van der Waals surface area contributed by atoms with Gasteiger partial charge >= 0.3 is 0 Å². The Morgan fingerprint density at radius 3 is 2.75 bits per heavy atom. The van der Waals surface area contributed by atoms with Gasteiger partial charge in [-0.05, 0) is 42.5 Å². The molecule has 1 amide bonds. The first-order valence-corrected chi connectivity index (χ1v) is 8.58. The van der Waals surface area contributed by atoms with Gasteiger partial charge < -0.3 is 15.4 Å². The maximum atomic E-state index is 12.0. The molecule has 1 fully saturated rings. The third-order valence-corrected chi connectivity index (χ3v) is 4.23. The van der Waals surface area contributed by atoms with Crippen molar-refractivity contribution in [3.8, 4) is 5.75 Å². The molecule has 2 aromatic rings. The minimum Gasteiger partial charge on any atom is -0.489 e. The maximum Gasteiger partial charge on any atom is 0.237 e. The Morgan fingerprint density at radius 1 is 1.04 bits per heavy atom. The summed E-state index contributed by atoms with van der Waals surface area (Å²) in [4.78, 5) is 12.0. The van der Waals surface area contributed by atoms with Gasteiger partial charge in [0.05, 0.1) is 6.04 Å². The molecular weight excluding hydrogens is 300 g/mol. The highest BCUT2D eigenvalue weighted by Gasteiger charge is 2.19. The van der Waals surface area contributed by atoms with E-state index in [1.165, 1.54) is 0 Å². The molecule has 0 radical (unpaired) electrons. The molecule has 0 unspecified atom stereocenters. The number of nitrogens with one attached hydrogen (secondary N) is 2. The minimum atomic E-state index is -0.0959. The molecule has 126 valence electrons. The number of carbonyl (C=O) groups is 1. The van der Waals surface area contributed by atoms with Crippen LogP contribution in [0.3, 0.4) is 0 Å². The Balaban J connectivity index is 1.54. The van der Waals surface area contributed by atoms with E-state index < -0.39 is 0 Å². The summed E-state index contributed by atoms with van der Waals surface area (Å²) < 4.78 is 5.86. The van der Waals surface area contributed by atoms with Crippen LogP contribution in [0.15, 0.2) is 54.6 Å². The second-order valence-corrected chi connectivity index (χ2v) is 6.14. The molecule has 0 bridgehead atoms. The zero-order valence-electron chi connectivity index (χ0n) is 13.8. The Morgan fingerprint density at radius 2 is 1.88 bits per heavy atom. The van der Waals surface area contributed by atoms with E-state index in [1.54, 1.807) is 0 Å². The van der Waals surface area contributed by atoms with E-state index in [2.05, 4.69) is 28.8 Å². The van der Waals surface area contributed by atoms with Gasteiger partial charge in [-0.3, -0.25) is 4.79 Å². The van der Waals surface area contributed by atoms with Crippen molar-refractivity contribution in [3.05, 3.63) is 65.7 Å². The summed E-state index contributed by atoms with van der Waals surface area (Å²) in [6.07, 6.45) is 3.04. The Labute approximate surface area is 143 Å². The highest BCUT2D eigenvalue weighted by Crippen LogP contribution is 2.16. The maximum absolute atomic E-state index is 12.0. The number of hydrogen-bond donors (Lipinski definition) is 2. The quantitative estimate of drug-likeness (QED) is 0.859. The summed E-state index contributed by atoms with van der Waals surface area (Å²) in [5.41, 5.74) is 2.27. The average Bonchev–Trinajstić information content (AvgIpc) is 2.84. The predicted octanol–water partition coefficient (Wildman–Crippen LogP) is 3.02. The lowest BCUT2D eigenvalue weighted by Gasteiger charge is -2.15. The minimum absolute atomic E-state index is 0.0959. The van der Waals surface area contributed by atoms with Crippen molar-refractivity contribution in [2.45, 2.75) is 38.5 Å². The van der Waals surface area contributed by atoms with Crippen molar-refractivity contribution >= 4 is 5.91 Å². The molecule has 2 aromatic carbocycles. The van der Waals surface area contributed by atoms with Crippen LogP contribution in [0.1, 0.15) is 30.4 Å². The van der Waals surface area contributed by atoms with E-state index in [-0.39, 0.29) is 11.9 Å². The molecule has 4 heteroatoms. The van der Waals surface area contributed by atoms with Gasteiger partial charge in [-0.25, -0.2) is 0 Å². The van der Waals surface area contributed by atoms with E-state index in [9.17, 15) is 4.79 Å². The highest BCUT2D eigenvalue weighted by molar-refractivity contribution is 5.81. The number of benzene rings is 2. The predicted molar refractivity (Wildman–Crippen MR) is 94.7 cm³/mol. The average molecular weight is 324 g/mol. The molecule has 4 nitrogen and oxygen atoms in total. The van der Waals surface area contributed by atoms with E-state index >= 15 is 0 Å². The molecule has 0 saturated carbocycles. The monoisotopic (exact) mass is 324 g/mol. The largest absolute Gasteiger partial charge is 0.489 e. The molecule has 0 aromatic heterocycles. The number of hydrogen-bond acceptors (Lipinski definition) is 3. The fourth-order valence-corrected chi connectivity index (χ4v) is 2.86. The molecular formula is C20H24N2O2. The third kappa shape index (κ3) is 4.83. The summed E-state index contributed by atoms with van der Waals surface area (Å²) in [6, 6.07) is 18.1. The Bertz CT molecular complexity index is 658. The smallest absolute Gasteiger partial charge is 0.237 e. The van der Waals surface area contributed by atoms with Gasteiger partial charge in [-0.1, -0.05) is 42.5 Å². The fourth-order valence-electron chi connectivity index (χ4n) is 2.86. The van der Waals surface area contributed by atoms with Crippen molar-refractivity contribution in [1.82, 2.24) is 10.6 Å². The molecule has 24 heavy (non-hydrogen) atoms. The lowest BCUT2D eigenvalue weighted by atomic mass is 10.1. The van der Waals surface area contributed by atoms with Crippen molar-refractivity contribution in [1.29, 1.82) is 0 Å². The molecule has 1 aliphatic heterocycles. The lowest BCUT2D eigenvalue weighted by molar-refractivity contribution is -0.122. The first-order valence-electron chi connectivity index (χ1n) is 8.58. The number of ether oxygens (including phenoxy) is 1. The van der Waals surface area contributed by atoms with Crippen LogP contribution in [0, 0.1) is 0 Å². The first-order chi connectivity index (χ1) is 11.8. The molecule has 0 aliphatic carbocycles. The van der Waals surface area contributed by atoms with Gasteiger partial charge in [-0.15, -0.1) is 0 Å². The van der Waals surface area contributed by atoms with Crippen molar-refractivity contribution < 1.29 is 9.53 Å². The SMILES string of the molecule is O=C1NCCCC[C@@H]1NCc1cccc(OCc2ccccc2)c1. The molecule has 0 spiro atoms. The molecule has 1 atom stereocenters. The van der Waals surface area contributed by atoms with Gasteiger partial charge in [0.1, 0.15) is 12.4 Å². The summed E-state index contributed by atoms with van der Waals surface area (Å²) in [7, 11) is 0. The molecule has 2 N–H and O–H groups in total. The first kappa shape index (κ1) is 16.5. The van der Waals surface area contributed by atoms with Crippen LogP contribution in [-0.2, 0) is 17.9 Å². The highest BCUT2D eigenvalue weighted by atomic mass is 16.5. The van der Waals surface area contributed by atoms with Gasteiger partial charge in [-0.2, -0.15) is 0 Å². The zero-order valence-corrected chi connectivity index (χ0v) is 13.8. The van der Waals surface area contributed by atoms with Crippen molar-refractivity contribution in [3.63, 3.8) is 0 Å². The van der Waals surface area contributed by atoms with Crippen LogP contribution in [-0.4, -0.2) is 18.5 Å². The van der Waals surface area contributed by atoms with Crippen molar-refractivity contribution in [2.24, 2.45) is 0 Å². The zero-order chi connectivity index (χ0) is 16.6. The normalized spacial score (nSPS) is 17.8. The van der Waals surface area contributed by atoms with Crippen LogP contribution < -0.4 is 15.4 Å². The standard InChI is InChI=1S/C20H24N2O2/c23-20-19(11-4-5-12-21-20)22-14-17-9-6-10-18(13-17)24-15-16-7-2-1-3-8-16/h1-3,6-10,13,19,22H,4-5,11-12,14-15H2,(H,21,23)/t19-/m0/s1. The number of rotatable bonds is 6. The van der Waals surface area contributed by atoms with Gasteiger partial charge in [0.2, 0.25) is 5.91 Å². The number of amides is 1. The third-order valence-electron chi connectivity index (χ3n) is 4.23. The van der Waals surface area contributed by atoms with Crippen LogP contribution >= 0.6 is 0 Å². The van der Waals surface area contributed by atoms with Gasteiger partial charge in [0, 0.05) is 13.1 Å². The van der Waals surface area contributed by atoms with E-state index in [0.717, 1.165) is 42.7 Å². The lowest BCUT2D eigenvalue weighted by Crippen LogP contribution is -2.42. The van der Waals surface area contributed by atoms with E-state index in [1.807, 2.05) is 36.4 Å². The van der Waals surface area contributed by atoms with Gasteiger partial charge in [0.15, 0.2) is 0 Å². The second kappa shape index (κ2) is 8.50. The second-order valence-electron chi connectivity index (χ2n) is 6.14. The Hall–Kier alpha value is -2.33. The summed E-state index contributed by atoms with van der Waals surface area (Å²) in [5.74, 6) is 0.965.